The third kappa shape index (κ3) is 5.89. The smallest absolute Gasteiger partial charge is 0.0544 e. The van der Waals surface area contributed by atoms with Gasteiger partial charge in [-0.1, -0.05) is 37.3 Å². The Hall–Kier alpha value is -0.860. The van der Waals surface area contributed by atoms with Gasteiger partial charge in [0.2, 0.25) is 0 Å². The highest BCUT2D eigenvalue weighted by Crippen LogP contribution is 1.98. The predicted molar refractivity (Wildman–Crippen MR) is 68.5 cm³/mol. The van der Waals surface area contributed by atoms with Crippen molar-refractivity contribution >= 4 is 0 Å². The lowest BCUT2D eigenvalue weighted by Gasteiger charge is -2.10. The Morgan fingerprint density at radius 3 is 2.69 bits per heavy atom. The van der Waals surface area contributed by atoms with Crippen molar-refractivity contribution < 1.29 is 4.74 Å². The SMILES string of the molecule is CCC(C)OCCCNCc1ccccc1. The molecule has 0 heterocycles. The molecule has 0 bridgehead atoms. The lowest BCUT2D eigenvalue weighted by atomic mass is 10.2. The molecular formula is C14H23NO. The van der Waals surface area contributed by atoms with Crippen LogP contribution in [0.15, 0.2) is 30.3 Å². The van der Waals surface area contributed by atoms with Gasteiger partial charge in [0.15, 0.2) is 0 Å². The fourth-order valence-electron chi connectivity index (χ4n) is 1.43. The molecule has 1 atom stereocenters. The molecule has 0 spiro atoms. The zero-order chi connectivity index (χ0) is 11.6. The molecule has 0 saturated heterocycles. The van der Waals surface area contributed by atoms with Crippen LogP contribution in [0.5, 0.6) is 0 Å². The zero-order valence-electron chi connectivity index (χ0n) is 10.4. The first-order chi connectivity index (χ1) is 7.83. The average Bonchev–Trinajstić information content (AvgIpc) is 2.34. The van der Waals surface area contributed by atoms with E-state index in [0.717, 1.165) is 32.5 Å². The molecule has 0 amide bonds. The van der Waals surface area contributed by atoms with Crippen LogP contribution < -0.4 is 5.32 Å². The summed E-state index contributed by atoms with van der Waals surface area (Å²) < 4.78 is 5.60. The molecule has 0 fully saturated rings. The lowest BCUT2D eigenvalue weighted by Crippen LogP contribution is -2.17. The third-order valence-electron chi connectivity index (χ3n) is 2.65. The van der Waals surface area contributed by atoms with E-state index in [9.17, 15) is 0 Å². The van der Waals surface area contributed by atoms with Crippen LogP contribution in [0.1, 0.15) is 32.3 Å². The highest BCUT2D eigenvalue weighted by atomic mass is 16.5. The monoisotopic (exact) mass is 221 g/mol. The van der Waals surface area contributed by atoms with Crippen molar-refractivity contribution in [3.63, 3.8) is 0 Å². The zero-order valence-corrected chi connectivity index (χ0v) is 10.4. The minimum Gasteiger partial charge on any atom is -0.378 e. The van der Waals surface area contributed by atoms with E-state index in [0.29, 0.717) is 6.10 Å². The molecule has 2 heteroatoms. The van der Waals surface area contributed by atoms with Gasteiger partial charge in [-0.15, -0.1) is 0 Å². The van der Waals surface area contributed by atoms with Gasteiger partial charge >= 0.3 is 0 Å². The maximum Gasteiger partial charge on any atom is 0.0544 e. The van der Waals surface area contributed by atoms with Gasteiger partial charge < -0.3 is 10.1 Å². The number of rotatable bonds is 8. The van der Waals surface area contributed by atoms with E-state index in [1.165, 1.54) is 5.56 Å². The van der Waals surface area contributed by atoms with Crippen LogP contribution in [0, 0.1) is 0 Å². The molecule has 0 aliphatic rings. The molecule has 0 aliphatic heterocycles. The topological polar surface area (TPSA) is 21.3 Å². The van der Waals surface area contributed by atoms with E-state index >= 15 is 0 Å². The summed E-state index contributed by atoms with van der Waals surface area (Å²) >= 11 is 0. The first-order valence-electron chi connectivity index (χ1n) is 6.19. The second-order valence-electron chi connectivity index (χ2n) is 4.11. The van der Waals surface area contributed by atoms with Crippen LogP contribution in [0.25, 0.3) is 0 Å². The summed E-state index contributed by atoms with van der Waals surface area (Å²) in [6, 6.07) is 10.5. The molecule has 0 aromatic heterocycles. The van der Waals surface area contributed by atoms with Crippen LogP contribution >= 0.6 is 0 Å². The summed E-state index contributed by atoms with van der Waals surface area (Å²) in [5.74, 6) is 0. The summed E-state index contributed by atoms with van der Waals surface area (Å²) in [6.45, 7) is 7.10. The average molecular weight is 221 g/mol. The van der Waals surface area contributed by atoms with Crippen molar-refractivity contribution in [2.24, 2.45) is 0 Å². The number of nitrogens with one attached hydrogen (secondary N) is 1. The molecular weight excluding hydrogens is 198 g/mol. The molecule has 1 aromatic rings. The highest BCUT2D eigenvalue weighted by molar-refractivity contribution is 5.14. The first-order valence-corrected chi connectivity index (χ1v) is 6.19. The molecule has 0 radical (unpaired) electrons. The van der Waals surface area contributed by atoms with Crippen LogP contribution in [0.4, 0.5) is 0 Å². The van der Waals surface area contributed by atoms with Crippen molar-refractivity contribution in [3.8, 4) is 0 Å². The number of ether oxygens (including phenoxy) is 1. The molecule has 1 N–H and O–H groups in total. The van der Waals surface area contributed by atoms with Gasteiger partial charge in [0.1, 0.15) is 0 Å². The molecule has 90 valence electrons. The second-order valence-corrected chi connectivity index (χ2v) is 4.11. The highest BCUT2D eigenvalue weighted by Gasteiger charge is 1.97. The quantitative estimate of drug-likeness (QED) is 0.681. The molecule has 2 nitrogen and oxygen atoms in total. The molecule has 0 saturated carbocycles. The maximum absolute atomic E-state index is 5.60. The summed E-state index contributed by atoms with van der Waals surface area (Å²) in [5.41, 5.74) is 1.34. The van der Waals surface area contributed by atoms with Crippen molar-refractivity contribution in [2.45, 2.75) is 39.3 Å². The standard InChI is InChI=1S/C14H23NO/c1-3-13(2)16-11-7-10-15-12-14-8-5-4-6-9-14/h4-6,8-9,13,15H,3,7,10-12H2,1-2H3. The van der Waals surface area contributed by atoms with Gasteiger partial charge in [0.05, 0.1) is 6.10 Å². The fraction of sp³-hybridized carbons (Fsp3) is 0.571. The van der Waals surface area contributed by atoms with E-state index in [1.54, 1.807) is 0 Å². The summed E-state index contributed by atoms with van der Waals surface area (Å²) in [6.07, 6.45) is 2.57. The van der Waals surface area contributed by atoms with Crippen LogP contribution in [0.2, 0.25) is 0 Å². The second kappa shape index (κ2) is 8.31. The van der Waals surface area contributed by atoms with Gasteiger partial charge in [-0.25, -0.2) is 0 Å². The van der Waals surface area contributed by atoms with E-state index in [2.05, 4.69) is 43.4 Å². The minimum absolute atomic E-state index is 0.397. The fourth-order valence-corrected chi connectivity index (χ4v) is 1.43. The van der Waals surface area contributed by atoms with E-state index < -0.39 is 0 Å². The van der Waals surface area contributed by atoms with Crippen molar-refractivity contribution in [1.82, 2.24) is 5.32 Å². The van der Waals surface area contributed by atoms with Gasteiger partial charge in [-0.3, -0.25) is 0 Å². The molecule has 1 rings (SSSR count). The Morgan fingerprint density at radius 1 is 1.25 bits per heavy atom. The van der Waals surface area contributed by atoms with Gasteiger partial charge in [-0.05, 0) is 31.9 Å². The number of hydrogen-bond donors (Lipinski definition) is 1. The Kier molecular flexibility index (Phi) is 6.86. The maximum atomic E-state index is 5.60. The summed E-state index contributed by atoms with van der Waals surface area (Å²) in [5, 5.41) is 3.41. The first kappa shape index (κ1) is 13.2. The van der Waals surface area contributed by atoms with E-state index in [4.69, 9.17) is 4.74 Å². The Bertz CT molecular complexity index is 261. The van der Waals surface area contributed by atoms with Crippen LogP contribution in [-0.4, -0.2) is 19.3 Å². The Balaban J connectivity index is 1.96. The largest absolute Gasteiger partial charge is 0.378 e. The Morgan fingerprint density at radius 2 is 2.00 bits per heavy atom. The van der Waals surface area contributed by atoms with Gasteiger partial charge in [0, 0.05) is 13.2 Å². The van der Waals surface area contributed by atoms with Gasteiger partial charge in [-0.2, -0.15) is 0 Å². The number of benzene rings is 1. The van der Waals surface area contributed by atoms with E-state index in [-0.39, 0.29) is 0 Å². The molecule has 1 aromatic carbocycles. The molecule has 16 heavy (non-hydrogen) atoms. The summed E-state index contributed by atoms with van der Waals surface area (Å²) in [7, 11) is 0. The molecule has 1 unspecified atom stereocenters. The Labute approximate surface area is 99.0 Å². The van der Waals surface area contributed by atoms with Crippen molar-refractivity contribution in [3.05, 3.63) is 35.9 Å². The summed E-state index contributed by atoms with van der Waals surface area (Å²) in [4.78, 5) is 0. The number of hydrogen-bond acceptors (Lipinski definition) is 2. The third-order valence-corrected chi connectivity index (χ3v) is 2.65. The van der Waals surface area contributed by atoms with Crippen molar-refractivity contribution in [1.29, 1.82) is 0 Å². The predicted octanol–water partition coefficient (Wildman–Crippen LogP) is 2.98. The normalized spacial score (nSPS) is 12.6. The van der Waals surface area contributed by atoms with Crippen LogP contribution in [0.3, 0.4) is 0 Å². The van der Waals surface area contributed by atoms with Crippen LogP contribution in [-0.2, 0) is 11.3 Å². The van der Waals surface area contributed by atoms with Crippen molar-refractivity contribution in [2.75, 3.05) is 13.2 Å². The molecule has 0 aliphatic carbocycles. The minimum atomic E-state index is 0.397. The van der Waals surface area contributed by atoms with E-state index in [1.807, 2.05) is 6.07 Å². The lowest BCUT2D eigenvalue weighted by molar-refractivity contribution is 0.0620. The van der Waals surface area contributed by atoms with Gasteiger partial charge in [0.25, 0.3) is 0 Å².